The van der Waals surface area contributed by atoms with Crippen LogP contribution < -0.4 is 20.3 Å². The van der Waals surface area contributed by atoms with Crippen LogP contribution in [0.1, 0.15) is 6.42 Å². The number of esters is 1. The fourth-order valence-electron chi connectivity index (χ4n) is 3.91. The molecule has 0 radical (unpaired) electrons. The number of rotatable bonds is 12. The quantitative estimate of drug-likeness (QED) is 0.178. The number of ether oxygens (including phenoxy) is 3. The van der Waals surface area contributed by atoms with Gasteiger partial charge in [-0.05, 0) is 39.2 Å². The highest BCUT2D eigenvalue weighted by Gasteiger charge is 2.42. The lowest BCUT2D eigenvalue weighted by Gasteiger charge is -2.29. The maximum atomic E-state index is 12.5. The van der Waals surface area contributed by atoms with Crippen LogP contribution >= 0.6 is 0 Å². The summed E-state index contributed by atoms with van der Waals surface area (Å²) in [5.41, 5.74) is 1.44. The van der Waals surface area contributed by atoms with Crippen molar-refractivity contribution in [2.24, 2.45) is 0 Å². The molecule has 0 spiro atoms. The summed E-state index contributed by atoms with van der Waals surface area (Å²) in [6.07, 6.45) is 0.807. The number of amides is 1. The number of morpholine rings is 1. The molecule has 1 aliphatic rings. The minimum Gasteiger partial charge on any atom is -0.437 e. The van der Waals surface area contributed by atoms with Crippen molar-refractivity contribution in [1.29, 1.82) is 0 Å². The number of nitrogens with zero attached hydrogens (tertiary/aromatic N) is 6. The zero-order valence-electron chi connectivity index (χ0n) is 23.6. The molecule has 3 heterocycles. The predicted octanol–water partition coefficient (Wildman–Crippen LogP) is 3.56. The molecule has 1 aromatic carbocycles. The zero-order chi connectivity index (χ0) is 31.0. The van der Waals surface area contributed by atoms with E-state index in [9.17, 15) is 22.8 Å². The number of aryl methyl sites for hydroxylation is 1. The van der Waals surface area contributed by atoms with E-state index < -0.39 is 23.8 Å². The van der Waals surface area contributed by atoms with Crippen molar-refractivity contribution in [3.63, 3.8) is 0 Å². The van der Waals surface area contributed by atoms with Gasteiger partial charge in [-0.25, -0.2) is 9.78 Å². The fraction of sp³-hybridized carbons (Fsp3) is 0.370. The number of carbonyl (C=O) groups is 2. The highest BCUT2D eigenvalue weighted by molar-refractivity contribution is 6.03. The Hall–Kier alpha value is -4.70. The molecule has 0 unspecified atom stereocenters. The van der Waals surface area contributed by atoms with Crippen molar-refractivity contribution in [2.45, 2.75) is 19.1 Å². The Morgan fingerprint density at radius 2 is 1.93 bits per heavy atom. The lowest BCUT2D eigenvalue weighted by Crippen LogP contribution is -2.36. The number of carbonyl (C=O) groups excluding carboxylic acids is 2. The van der Waals surface area contributed by atoms with Gasteiger partial charge in [0.1, 0.15) is 11.4 Å². The summed E-state index contributed by atoms with van der Waals surface area (Å²) in [4.78, 5) is 36.4. The summed E-state index contributed by atoms with van der Waals surface area (Å²) in [5, 5.41) is 9.82. The fourth-order valence-corrected chi connectivity index (χ4v) is 3.91. The number of alkyl halides is 3. The van der Waals surface area contributed by atoms with E-state index in [0.29, 0.717) is 37.7 Å². The minimum absolute atomic E-state index is 0.147. The number of nitrogens with one attached hydrogen (secondary N) is 2. The van der Waals surface area contributed by atoms with E-state index in [-0.39, 0.29) is 23.3 Å². The summed E-state index contributed by atoms with van der Waals surface area (Å²) in [6.45, 7) is 6.96. The minimum atomic E-state index is -5.27. The molecule has 16 heteroatoms. The van der Waals surface area contributed by atoms with Crippen molar-refractivity contribution < 1.29 is 37.0 Å². The molecule has 230 valence electrons. The number of anilines is 4. The monoisotopic (exact) mass is 604 g/mol. The Balaban J connectivity index is 1.49. The average molecular weight is 605 g/mol. The van der Waals surface area contributed by atoms with E-state index in [1.807, 2.05) is 29.9 Å². The van der Waals surface area contributed by atoms with Crippen LogP contribution in [0.4, 0.5) is 36.2 Å². The first kappa shape index (κ1) is 31.2. The molecule has 2 aromatic heterocycles. The van der Waals surface area contributed by atoms with Gasteiger partial charge < -0.3 is 34.6 Å². The number of aromatic nitrogens is 4. The Bertz CT molecular complexity index is 1440. The lowest BCUT2D eigenvalue weighted by atomic mass is 10.3. The summed E-state index contributed by atoms with van der Waals surface area (Å²) in [6, 6.07) is 6.04. The molecule has 4 rings (SSSR count). The van der Waals surface area contributed by atoms with Gasteiger partial charge in [-0.3, -0.25) is 9.48 Å². The van der Waals surface area contributed by atoms with Crippen molar-refractivity contribution in [1.82, 2.24) is 24.6 Å². The third-order valence-corrected chi connectivity index (χ3v) is 5.98. The topological polar surface area (TPSA) is 136 Å². The van der Waals surface area contributed by atoms with Crippen molar-refractivity contribution in [2.75, 3.05) is 62.5 Å². The van der Waals surface area contributed by atoms with Crippen molar-refractivity contribution >= 4 is 34.9 Å². The Morgan fingerprint density at radius 1 is 1.16 bits per heavy atom. The van der Waals surface area contributed by atoms with Crippen LogP contribution in [-0.2, 0) is 25.6 Å². The van der Waals surface area contributed by atoms with Crippen molar-refractivity contribution in [3.05, 3.63) is 55.2 Å². The van der Waals surface area contributed by atoms with Crippen LogP contribution in [0.3, 0.4) is 0 Å². The van der Waals surface area contributed by atoms with Crippen LogP contribution in [0, 0.1) is 0 Å². The maximum absolute atomic E-state index is 12.5. The van der Waals surface area contributed by atoms with Gasteiger partial charge in [0.25, 0.3) is 5.91 Å². The molecule has 0 aliphatic carbocycles. The normalized spacial score (nSPS) is 13.5. The molecular formula is C27H31F3N8O5. The number of benzene rings is 1. The van der Waals surface area contributed by atoms with Gasteiger partial charge in [-0.1, -0.05) is 12.6 Å². The van der Waals surface area contributed by atoms with E-state index in [4.69, 9.17) is 9.47 Å². The molecule has 0 saturated carbocycles. The third kappa shape index (κ3) is 9.14. The average Bonchev–Trinajstić information content (AvgIpc) is 3.40. The molecule has 0 bridgehead atoms. The molecule has 1 saturated heterocycles. The zero-order valence-corrected chi connectivity index (χ0v) is 23.6. The molecule has 1 aliphatic heterocycles. The van der Waals surface area contributed by atoms with Crippen LogP contribution in [0.15, 0.2) is 55.2 Å². The van der Waals surface area contributed by atoms with E-state index in [1.54, 1.807) is 24.5 Å². The van der Waals surface area contributed by atoms with Crippen LogP contribution in [0.2, 0.25) is 0 Å². The number of hydrogen-bond acceptors (Lipinski definition) is 11. The SMILES string of the molecule is C=C(OC(=O)C(F)(F)F)C(=O)Nc1cccc(Oc2nc(Nc3cnn(CCCN(C)C)c3)ncc2N2CCOCC2)c1. The van der Waals surface area contributed by atoms with Gasteiger partial charge >= 0.3 is 12.1 Å². The number of halogens is 3. The van der Waals surface area contributed by atoms with Crippen LogP contribution in [0.5, 0.6) is 11.6 Å². The summed E-state index contributed by atoms with van der Waals surface area (Å²) in [5.74, 6) is -3.99. The summed E-state index contributed by atoms with van der Waals surface area (Å²) < 4.78 is 54.7. The Kier molecular flexibility index (Phi) is 10.2. The number of hydrogen-bond donors (Lipinski definition) is 2. The molecule has 3 aromatic rings. The highest BCUT2D eigenvalue weighted by Crippen LogP contribution is 2.33. The summed E-state index contributed by atoms with van der Waals surface area (Å²) >= 11 is 0. The van der Waals surface area contributed by atoms with Gasteiger partial charge in [-0.2, -0.15) is 23.3 Å². The van der Waals surface area contributed by atoms with E-state index in [2.05, 4.69) is 41.9 Å². The van der Waals surface area contributed by atoms with Gasteiger partial charge in [-0.15, -0.1) is 0 Å². The Labute approximate surface area is 245 Å². The van der Waals surface area contributed by atoms with Gasteiger partial charge in [0.05, 0.1) is 31.3 Å². The Morgan fingerprint density at radius 3 is 2.65 bits per heavy atom. The van der Waals surface area contributed by atoms with Gasteiger partial charge in [0.15, 0.2) is 5.76 Å². The molecule has 43 heavy (non-hydrogen) atoms. The summed E-state index contributed by atoms with van der Waals surface area (Å²) in [7, 11) is 4.02. The van der Waals surface area contributed by atoms with E-state index in [1.165, 1.54) is 12.1 Å². The van der Waals surface area contributed by atoms with Crippen molar-refractivity contribution in [3.8, 4) is 11.6 Å². The molecule has 1 amide bonds. The molecule has 0 atom stereocenters. The molecule has 13 nitrogen and oxygen atoms in total. The molecule has 1 fully saturated rings. The molecular weight excluding hydrogens is 573 g/mol. The second-order valence-corrected chi connectivity index (χ2v) is 9.65. The largest absolute Gasteiger partial charge is 0.491 e. The molecule has 2 N–H and O–H groups in total. The van der Waals surface area contributed by atoms with Gasteiger partial charge in [0, 0.05) is 37.6 Å². The first-order valence-electron chi connectivity index (χ1n) is 13.2. The van der Waals surface area contributed by atoms with E-state index >= 15 is 0 Å². The third-order valence-electron chi connectivity index (χ3n) is 5.98. The highest BCUT2D eigenvalue weighted by atomic mass is 19.4. The standard InChI is InChI=1S/C27H31F3N8O5/c1-18(42-25(40)27(28,29)30)23(39)33-19-6-4-7-21(14-19)43-24-22(37-10-12-41-13-11-37)16-31-26(35-24)34-20-15-32-38(17-20)9-5-8-36(2)3/h4,6-7,14-17H,1,5,8-13H2,2-3H3,(H,33,39)(H,31,34,35). The first-order valence-corrected chi connectivity index (χ1v) is 13.2. The van der Waals surface area contributed by atoms with Crippen LogP contribution in [0.25, 0.3) is 0 Å². The van der Waals surface area contributed by atoms with Gasteiger partial charge in [0.2, 0.25) is 11.8 Å². The lowest BCUT2D eigenvalue weighted by molar-refractivity contribution is -0.195. The first-order chi connectivity index (χ1) is 20.5. The maximum Gasteiger partial charge on any atom is 0.491 e. The smallest absolute Gasteiger partial charge is 0.437 e. The predicted molar refractivity (Wildman–Crippen MR) is 150 cm³/mol. The van der Waals surface area contributed by atoms with E-state index in [0.717, 1.165) is 19.5 Å². The second kappa shape index (κ2) is 14.0. The van der Waals surface area contributed by atoms with Crippen LogP contribution in [-0.4, -0.2) is 89.6 Å². The second-order valence-electron chi connectivity index (χ2n) is 9.65.